The first-order chi connectivity index (χ1) is 7.63. The fraction of sp³-hybridized carbons (Fsp3) is 0.714. The summed E-state index contributed by atoms with van der Waals surface area (Å²) in [5.41, 5.74) is 0.376. The largest absolute Gasteiger partial charge is 0.460 e. The summed E-state index contributed by atoms with van der Waals surface area (Å²) in [5.74, 6) is -0.823. The molecule has 0 spiro atoms. The van der Waals surface area contributed by atoms with Gasteiger partial charge in [-0.25, -0.2) is 0 Å². The van der Waals surface area contributed by atoms with E-state index in [0.717, 1.165) is 5.57 Å². The molecule has 1 aliphatic rings. The zero-order valence-electron chi connectivity index (χ0n) is 11.4. The molecule has 3 heteroatoms. The quantitative estimate of drug-likeness (QED) is 0.549. The Balaban J connectivity index is 2.89. The first-order valence-electron chi connectivity index (χ1n) is 6.04. The average Bonchev–Trinajstić information content (AvgIpc) is 2.40. The topological polar surface area (TPSA) is 43.4 Å². The maximum absolute atomic E-state index is 12.1. The number of carbonyl (C=O) groups excluding carboxylic acids is 2. The van der Waals surface area contributed by atoms with Crippen LogP contribution < -0.4 is 0 Å². The van der Waals surface area contributed by atoms with Crippen LogP contribution in [-0.2, 0) is 14.3 Å². The van der Waals surface area contributed by atoms with E-state index in [4.69, 9.17) is 4.74 Å². The minimum atomic E-state index is -0.512. The van der Waals surface area contributed by atoms with Crippen LogP contribution in [-0.4, -0.2) is 17.4 Å². The van der Waals surface area contributed by atoms with Gasteiger partial charge in [0.05, 0.1) is 5.92 Å². The van der Waals surface area contributed by atoms with Crippen molar-refractivity contribution in [1.82, 2.24) is 0 Å². The zero-order chi connectivity index (χ0) is 13.4. The molecule has 1 saturated carbocycles. The molecule has 0 N–H and O–H groups in total. The third-order valence-corrected chi connectivity index (χ3v) is 3.21. The lowest BCUT2D eigenvalue weighted by molar-refractivity contribution is -0.162. The van der Waals surface area contributed by atoms with Crippen LogP contribution >= 0.6 is 0 Å². The van der Waals surface area contributed by atoms with E-state index in [-0.39, 0.29) is 29.5 Å². The minimum absolute atomic E-state index is 0.0626. The van der Waals surface area contributed by atoms with Gasteiger partial charge in [-0.15, -0.1) is 0 Å². The molecule has 0 radical (unpaired) electrons. The fourth-order valence-electron chi connectivity index (χ4n) is 2.30. The smallest absolute Gasteiger partial charge is 0.310 e. The Morgan fingerprint density at radius 1 is 1.41 bits per heavy atom. The first-order valence-corrected chi connectivity index (χ1v) is 6.04. The Hall–Kier alpha value is -1.12. The summed E-state index contributed by atoms with van der Waals surface area (Å²) in [6, 6.07) is 0. The summed E-state index contributed by atoms with van der Waals surface area (Å²) < 4.78 is 5.39. The van der Waals surface area contributed by atoms with Gasteiger partial charge in [0.15, 0.2) is 0 Å². The molecule has 1 fully saturated rings. The highest BCUT2D eigenvalue weighted by molar-refractivity contribution is 5.91. The number of Topliss-reactive ketones (excluding diaryl/α,β-unsaturated/α-hetero) is 1. The summed E-state index contributed by atoms with van der Waals surface area (Å²) >= 11 is 0. The van der Waals surface area contributed by atoms with Crippen LogP contribution in [0.1, 0.15) is 41.0 Å². The minimum Gasteiger partial charge on any atom is -0.460 e. The van der Waals surface area contributed by atoms with E-state index in [1.165, 1.54) is 0 Å². The molecule has 3 atom stereocenters. The van der Waals surface area contributed by atoms with Crippen molar-refractivity contribution in [1.29, 1.82) is 0 Å². The number of carbonyl (C=O) groups is 2. The summed E-state index contributed by atoms with van der Waals surface area (Å²) in [6.07, 6.45) is 0.417. The normalized spacial score (nSPS) is 29.2. The van der Waals surface area contributed by atoms with Crippen LogP contribution in [0.25, 0.3) is 0 Å². The third-order valence-electron chi connectivity index (χ3n) is 3.21. The van der Waals surface area contributed by atoms with Crippen molar-refractivity contribution in [3.05, 3.63) is 12.2 Å². The standard InChI is InChI=1S/C14H22O3/c1-8(2)10-7-11(15)9(3)12(10)13(16)17-14(4,5)6/h9-10,12H,1,7H2,2-6H3/t9-,10-,12+/m0/s1. The predicted molar refractivity (Wildman–Crippen MR) is 66.4 cm³/mol. The number of allylic oxidation sites excluding steroid dienone is 1. The maximum atomic E-state index is 12.1. The Kier molecular flexibility index (Phi) is 3.80. The lowest BCUT2D eigenvalue weighted by Crippen LogP contribution is -2.33. The summed E-state index contributed by atoms with van der Waals surface area (Å²) in [6.45, 7) is 13.1. The maximum Gasteiger partial charge on any atom is 0.310 e. The Morgan fingerprint density at radius 3 is 2.35 bits per heavy atom. The molecule has 17 heavy (non-hydrogen) atoms. The van der Waals surface area contributed by atoms with Crippen molar-refractivity contribution < 1.29 is 14.3 Å². The van der Waals surface area contributed by atoms with Gasteiger partial charge >= 0.3 is 5.97 Å². The van der Waals surface area contributed by atoms with Crippen LogP contribution in [0.15, 0.2) is 12.2 Å². The van der Waals surface area contributed by atoms with E-state index in [1.54, 1.807) is 6.92 Å². The second-order valence-corrected chi connectivity index (χ2v) is 5.97. The average molecular weight is 238 g/mol. The number of hydrogen-bond acceptors (Lipinski definition) is 3. The molecule has 0 amide bonds. The van der Waals surface area contributed by atoms with Crippen molar-refractivity contribution in [2.45, 2.75) is 46.6 Å². The molecule has 3 nitrogen and oxygen atoms in total. The summed E-state index contributed by atoms with van der Waals surface area (Å²) in [5, 5.41) is 0. The van der Waals surface area contributed by atoms with E-state index in [1.807, 2.05) is 27.7 Å². The van der Waals surface area contributed by atoms with Gasteiger partial charge in [0.2, 0.25) is 0 Å². The van der Waals surface area contributed by atoms with E-state index in [0.29, 0.717) is 6.42 Å². The third kappa shape index (κ3) is 3.18. The monoisotopic (exact) mass is 238 g/mol. The van der Waals surface area contributed by atoms with Gasteiger partial charge in [0.1, 0.15) is 11.4 Å². The molecular formula is C14H22O3. The Bertz CT molecular complexity index is 349. The number of rotatable bonds is 2. The molecule has 0 saturated heterocycles. The number of ketones is 1. The second kappa shape index (κ2) is 4.63. The Labute approximate surface area is 103 Å². The van der Waals surface area contributed by atoms with E-state index < -0.39 is 5.60 Å². The molecular weight excluding hydrogens is 216 g/mol. The molecule has 0 bridgehead atoms. The molecule has 0 aliphatic heterocycles. The van der Waals surface area contributed by atoms with Gasteiger partial charge < -0.3 is 4.74 Å². The highest BCUT2D eigenvalue weighted by atomic mass is 16.6. The van der Waals surface area contributed by atoms with Gasteiger partial charge in [-0.1, -0.05) is 19.1 Å². The summed E-state index contributed by atoms with van der Waals surface area (Å²) in [4.78, 5) is 23.8. The predicted octanol–water partition coefficient (Wildman–Crippen LogP) is 2.75. The molecule has 1 rings (SSSR count). The van der Waals surface area contributed by atoms with Crippen molar-refractivity contribution in [3.8, 4) is 0 Å². The van der Waals surface area contributed by atoms with Crippen molar-refractivity contribution >= 4 is 11.8 Å². The lowest BCUT2D eigenvalue weighted by atomic mass is 9.86. The molecule has 0 aromatic heterocycles. The van der Waals surface area contributed by atoms with Crippen LogP contribution in [0, 0.1) is 17.8 Å². The second-order valence-electron chi connectivity index (χ2n) is 5.97. The Morgan fingerprint density at radius 2 is 1.94 bits per heavy atom. The SMILES string of the molecule is C=C(C)[C@@H]1CC(=O)[C@H](C)[C@H]1C(=O)OC(C)(C)C. The van der Waals surface area contributed by atoms with Crippen LogP contribution in [0.2, 0.25) is 0 Å². The van der Waals surface area contributed by atoms with Gasteiger partial charge in [-0.3, -0.25) is 9.59 Å². The summed E-state index contributed by atoms with van der Waals surface area (Å²) in [7, 11) is 0. The van der Waals surface area contributed by atoms with Crippen LogP contribution in [0.3, 0.4) is 0 Å². The molecule has 0 aromatic carbocycles. The molecule has 0 heterocycles. The molecule has 1 aliphatic carbocycles. The van der Waals surface area contributed by atoms with Crippen LogP contribution in [0.4, 0.5) is 0 Å². The highest BCUT2D eigenvalue weighted by Gasteiger charge is 2.45. The molecule has 0 aromatic rings. The number of hydrogen-bond donors (Lipinski definition) is 0. The zero-order valence-corrected chi connectivity index (χ0v) is 11.4. The van der Waals surface area contributed by atoms with Crippen molar-refractivity contribution in [2.24, 2.45) is 17.8 Å². The molecule has 96 valence electrons. The van der Waals surface area contributed by atoms with Gasteiger partial charge in [0, 0.05) is 18.3 Å². The van der Waals surface area contributed by atoms with E-state index in [9.17, 15) is 9.59 Å². The van der Waals surface area contributed by atoms with Gasteiger partial charge in [-0.05, 0) is 27.7 Å². The van der Waals surface area contributed by atoms with E-state index in [2.05, 4.69) is 6.58 Å². The fourth-order valence-corrected chi connectivity index (χ4v) is 2.30. The highest BCUT2D eigenvalue weighted by Crippen LogP contribution is 2.39. The lowest BCUT2D eigenvalue weighted by Gasteiger charge is -2.26. The van der Waals surface area contributed by atoms with Gasteiger partial charge in [0.25, 0.3) is 0 Å². The number of esters is 1. The van der Waals surface area contributed by atoms with Crippen molar-refractivity contribution in [3.63, 3.8) is 0 Å². The van der Waals surface area contributed by atoms with Crippen molar-refractivity contribution in [2.75, 3.05) is 0 Å². The molecule has 0 unspecified atom stereocenters. The van der Waals surface area contributed by atoms with Crippen LogP contribution in [0.5, 0.6) is 0 Å². The van der Waals surface area contributed by atoms with Gasteiger partial charge in [-0.2, -0.15) is 0 Å². The van der Waals surface area contributed by atoms with E-state index >= 15 is 0 Å². The number of ether oxygens (including phenoxy) is 1. The first kappa shape index (κ1) is 13.9.